The predicted octanol–water partition coefficient (Wildman–Crippen LogP) is -0.575. The summed E-state index contributed by atoms with van der Waals surface area (Å²) in [7, 11) is 0. The van der Waals surface area contributed by atoms with Crippen LogP contribution in [0.15, 0.2) is 60.8 Å². The first-order valence-corrected chi connectivity index (χ1v) is 6.57. The molecule has 1 heterocycles. The van der Waals surface area contributed by atoms with Gasteiger partial charge < -0.3 is 22.6 Å². The summed E-state index contributed by atoms with van der Waals surface area (Å²) < 4.78 is 1.86. The highest BCUT2D eigenvalue weighted by molar-refractivity contribution is 5.95. The smallest absolute Gasteiger partial charge is 0.227 e. The van der Waals surface area contributed by atoms with Crippen molar-refractivity contribution in [2.75, 3.05) is 0 Å². The van der Waals surface area contributed by atoms with Crippen molar-refractivity contribution >= 4 is 16.7 Å². The van der Waals surface area contributed by atoms with E-state index in [2.05, 4.69) is 0 Å². The molecule has 4 nitrogen and oxygen atoms in total. The molecule has 0 saturated heterocycles. The Hall–Kier alpha value is -2.59. The molecule has 0 spiro atoms. The first-order valence-electron chi connectivity index (χ1n) is 6.57. The Morgan fingerprint density at radius 3 is 2.45 bits per heavy atom. The third-order valence-electron chi connectivity index (χ3n) is 3.40. The maximum absolute atomic E-state index is 12.3. The minimum absolute atomic E-state index is 0. The molecule has 0 aliphatic rings. The molecule has 3 rings (SSSR count). The second-order valence-corrected chi connectivity index (χ2v) is 4.82. The van der Waals surface area contributed by atoms with Crippen LogP contribution in [-0.4, -0.2) is 16.0 Å². The number of ketones is 1. The topological polar surface area (TPSA) is 61.4 Å². The van der Waals surface area contributed by atoms with Crippen LogP contribution in [0, 0.1) is 0 Å². The molecule has 0 fully saturated rings. The van der Waals surface area contributed by atoms with Crippen LogP contribution in [0.2, 0.25) is 0 Å². The molecule has 0 radical (unpaired) electrons. The first kappa shape index (κ1) is 15.8. The number of phenolic OH excluding ortho intramolecular Hbond substituents is 2. The van der Waals surface area contributed by atoms with E-state index >= 15 is 0 Å². The molecule has 0 atom stereocenters. The highest BCUT2D eigenvalue weighted by atomic mass is 35.5. The minimum Gasteiger partial charge on any atom is -1.00 e. The van der Waals surface area contributed by atoms with E-state index in [4.69, 9.17) is 0 Å². The first-order chi connectivity index (χ1) is 10.1. The average Bonchev–Trinajstić information content (AvgIpc) is 2.50. The number of halogens is 1. The van der Waals surface area contributed by atoms with E-state index in [9.17, 15) is 15.0 Å². The second-order valence-electron chi connectivity index (χ2n) is 4.82. The molecule has 1 aromatic heterocycles. The number of hydrogen-bond donors (Lipinski definition) is 2. The van der Waals surface area contributed by atoms with Crippen LogP contribution in [-0.2, 0) is 6.54 Å². The van der Waals surface area contributed by atoms with Gasteiger partial charge in [0.05, 0.1) is 0 Å². The number of carbonyl (C=O) groups excluding carboxylic acids is 1. The van der Waals surface area contributed by atoms with Crippen LogP contribution in [0.25, 0.3) is 10.9 Å². The van der Waals surface area contributed by atoms with Gasteiger partial charge in [-0.1, -0.05) is 12.1 Å². The molecule has 112 valence electrons. The third-order valence-corrected chi connectivity index (χ3v) is 3.40. The van der Waals surface area contributed by atoms with Crippen LogP contribution >= 0.6 is 0 Å². The van der Waals surface area contributed by atoms with Crippen molar-refractivity contribution in [2.24, 2.45) is 0 Å². The molecule has 3 aromatic rings. The van der Waals surface area contributed by atoms with Crippen LogP contribution in [0.5, 0.6) is 11.5 Å². The summed E-state index contributed by atoms with van der Waals surface area (Å²) in [6, 6.07) is 15.8. The van der Waals surface area contributed by atoms with E-state index in [0.29, 0.717) is 5.56 Å². The number of aromatic nitrogens is 1. The normalized spacial score (nSPS) is 10.2. The molecule has 2 N–H and O–H groups in total. The van der Waals surface area contributed by atoms with E-state index in [1.807, 2.05) is 47.2 Å². The average molecular weight is 316 g/mol. The zero-order valence-corrected chi connectivity index (χ0v) is 12.4. The largest absolute Gasteiger partial charge is 1.00 e. The summed E-state index contributed by atoms with van der Waals surface area (Å²) in [6.07, 6.45) is 1.85. The van der Waals surface area contributed by atoms with Crippen molar-refractivity contribution in [3.05, 3.63) is 66.4 Å². The fraction of sp³-hybridized carbons (Fsp3) is 0.0588. The maximum atomic E-state index is 12.3. The van der Waals surface area contributed by atoms with Crippen LogP contribution < -0.4 is 17.0 Å². The van der Waals surface area contributed by atoms with Gasteiger partial charge in [0.15, 0.2) is 17.7 Å². The molecule has 0 aliphatic heterocycles. The molecule has 22 heavy (non-hydrogen) atoms. The fourth-order valence-electron chi connectivity index (χ4n) is 2.30. The molecule has 0 saturated carbocycles. The highest BCUT2D eigenvalue weighted by Crippen LogP contribution is 2.25. The minimum atomic E-state index is -0.288. The number of fused-ring (bicyclic) bond motifs is 1. The monoisotopic (exact) mass is 315 g/mol. The Morgan fingerprint density at radius 1 is 0.955 bits per heavy atom. The lowest BCUT2D eigenvalue weighted by Gasteiger charge is -2.03. The van der Waals surface area contributed by atoms with Gasteiger partial charge in [0.1, 0.15) is 0 Å². The zero-order chi connectivity index (χ0) is 14.8. The SMILES string of the molecule is O=C(C[n+]1cccc2ccccc21)c1ccc(O)c(O)c1.[Cl-]. The van der Waals surface area contributed by atoms with Crippen molar-refractivity contribution in [3.8, 4) is 11.5 Å². The number of carbonyl (C=O) groups is 1. The number of nitrogens with zero attached hydrogens (tertiary/aromatic N) is 1. The summed E-state index contributed by atoms with van der Waals surface area (Å²) in [4.78, 5) is 12.3. The van der Waals surface area contributed by atoms with Gasteiger partial charge in [-0.2, -0.15) is 4.57 Å². The van der Waals surface area contributed by atoms with E-state index in [0.717, 1.165) is 10.9 Å². The fourth-order valence-corrected chi connectivity index (χ4v) is 2.30. The quantitative estimate of drug-likeness (QED) is 0.386. The Labute approximate surface area is 133 Å². The van der Waals surface area contributed by atoms with Crippen molar-refractivity contribution in [1.82, 2.24) is 0 Å². The number of aromatic hydroxyl groups is 2. The summed E-state index contributed by atoms with van der Waals surface area (Å²) in [5.41, 5.74) is 1.34. The second kappa shape index (κ2) is 6.45. The number of pyridine rings is 1. The Morgan fingerprint density at radius 2 is 1.68 bits per heavy atom. The van der Waals surface area contributed by atoms with E-state index in [1.165, 1.54) is 18.2 Å². The summed E-state index contributed by atoms with van der Waals surface area (Å²) >= 11 is 0. The van der Waals surface area contributed by atoms with Gasteiger partial charge in [0.25, 0.3) is 0 Å². The van der Waals surface area contributed by atoms with Crippen molar-refractivity contribution in [2.45, 2.75) is 6.54 Å². The molecule has 0 unspecified atom stereocenters. The number of phenols is 2. The van der Waals surface area contributed by atoms with Crippen molar-refractivity contribution in [1.29, 1.82) is 0 Å². The molecule has 2 aromatic carbocycles. The van der Waals surface area contributed by atoms with E-state index in [-0.39, 0.29) is 36.2 Å². The van der Waals surface area contributed by atoms with E-state index < -0.39 is 0 Å². The van der Waals surface area contributed by atoms with Gasteiger partial charge in [-0.25, -0.2) is 0 Å². The number of benzene rings is 2. The van der Waals surface area contributed by atoms with Gasteiger partial charge in [-0.3, -0.25) is 4.79 Å². The van der Waals surface area contributed by atoms with Crippen LogP contribution in [0.3, 0.4) is 0 Å². The van der Waals surface area contributed by atoms with Crippen molar-refractivity contribution in [3.63, 3.8) is 0 Å². The van der Waals surface area contributed by atoms with Crippen molar-refractivity contribution < 1.29 is 32.0 Å². The zero-order valence-electron chi connectivity index (χ0n) is 11.6. The lowest BCUT2D eigenvalue weighted by Crippen LogP contribution is -3.00. The number of para-hydroxylation sites is 1. The van der Waals surface area contributed by atoms with Gasteiger partial charge in [-0.15, -0.1) is 0 Å². The molecule has 5 heteroatoms. The number of rotatable bonds is 3. The van der Waals surface area contributed by atoms with Gasteiger partial charge >= 0.3 is 0 Å². The molecular formula is C17H14ClNO3. The lowest BCUT2D eigenvalue weighted by molar-refractivity contribution is -0.657. The Balaban J connectivity index is 0.00000176. The molecular weight excluding hydrogens is 302 g/mol. The molecule has 0 bridgehead atoms. The Kier molecular flexibility index (Phi) is 4.63. The summed E-state index contributed by atoms with van der Waals surface area (Å²) in [6.45, 7) is 0.172. The third kappa shape index (κ3) is 3.02. The molecule has 0 amide bonds. The maximum Gasteiger partial charge on any atom is 0.227 e. The summed E-state index contributed by atoms with van der Waals surface area (Å²) in [5, 5.41) is 19.8. The van der Waals surface area contributed by atoms with E-state index in [1.54, 1.807) is 0 Å². The molecule has 0 aliphatic carbocycles. The predicted molar refractivity (Wildman–Crippen MR) is 78.2 cm³/mol. The van der Waals surface area contributed by atoms with Crippen LogP contribution in [0.4, 0.5) is 0 Å². The van der Waals surface area contributed by atoms with Gasteiger partial charge in [0.2, 0.25) is 17.8 Å². The number of hydrogen-bond acceptors (Lipinski definition) is 3. The van der Waals surface area contributed by atoms with Crippen LogP contribution in [0.1, 0.15) is 10.4 Å². The number of Topliss-reactive ketones (excluding diaryl/α,β-unsaturated/α-hetero) is 1. The highest BCUT2D eigenvalue weighted by Gasteiger charge is 2.16. The van der Waals surface area contributed by atoms with Gasteiger partial charge in [-0.05, 0) is 30.3 Å². The Bertz CT molecular complexity index is 828. The van der Waals surface area contributed by atoms with Gasteiger partial charge in [0, 0.05) is 23.1 Å². The standard InChI is InChI=1S/C17H13NO3.ClH/c19-15-8-7-13(10-16(15)20)17(21)11-18-9-3-5-12-4-1-2-6-14(12)18;/h1-10H,11H2,(H-,19,20,21);1H. The lowest BCUT2D eigenvalue weighted by atomic mass is 10.1. The summed E-state index contributed by atoms with van der Waals surface area (Å²) in [5.74, 6) is -0.653.